The number of aromatic nitrogens is 1. The number of benzene rings is 3. The minimum atomic E-state index is 0.575. The molecule has 0 atom stereocenters. The molecule has 0 radical (unpaired) electrons. The van der Waals surface area contributed by atoms with E-state index < -0.39 is 0 Å². The zero-order valence-electron chi connectivity index (χ0n) is 17.1. The van der Waals surface area contributed by atoms with Crippen molar-refractivity contribution in [2.24, 2.45) is 0 Å². The lowest BCUT2D eigenvalue weighted by molar-refractivity contribution is -0.719. The van der Waals surface area contributed by atoms with Gasteiger partial charge in [0.2, 0.25) is 5.69 Å². The summed E-state index contributed by atoms with van der Waals surface area (Å²) in [6, 6.07) is 31.5. The maximum absolute atomic E-state index is 2.68. The van der Waals surface area contributed by atoms with Crippen LogP contribution in [0.25, 0.3) is 33.2 Å². The molecule has 1 heterocycles. The van der Waals surface area contributed by atoms with Gasteiger partial charge in [-0.2, -0.15) is 4.57 Å². The molecule has 0 amide bonds. The van der Waals surface area contributed by atoms with Crippen molar-refractivity contribution in [2.75, 3.05) is 0 Å². The van der Waals surface area contributed by atoms with Crippen molar-refractivity contribution in [1.82, 2.24) is 0 Å². The quantitative estimate of drug-likeness (QED) is 0.330. The Labute approximate surface area is 173 Å². The Morgan fingerprint density at radius 2 is 1.17 bits per heavy atom. The summed E-state index contributed by atoms with van der Waals surface area (Å²) >= 11 is 0. The molecule has 144 valence electrons. The first kappa shape index (κ1) is 18.1. The van der Waals surface area contributed by atoms with Crippen molar-refractivity contribution in [3.8, 4) is 22.4 Å². The first-order valence-electron chi connectivity index (χ1n) is 10.9. The molecular weight excluding hydrogens is 350 g/mol. The highest BCUT2D eigenvalue weighted by atomic mass is 15.0. The molecule has 4 aromatic rings. The normalized spacial score (nSPS) is 14.9. The predicted octanol–water partition coefficient (Wildman–Crippen LogP) is 7.27. The van der Waals surface area contributed by atoms with Crippen LogP contribution in [-0.2, 0) is 0 Å². The molecule has 1 aliphatic rings. The van der Waals surface area contributed by atoms with Crippen molar-refractivity contribution < 1.29 is 4.57 Å². The molecule has 0 spiro atoms. The van der Waals surface area contributed by atoms with E-state index in [0.717, 1.165) is 0 Å². The third-order valence-electron chi connectivity index (χ3n) is 6.47. The standard InChI is InChI=1S/C28H28N/c1-21-25-19-11-12-20-26(25)27(22-13-5-2-6-14-22)28(23-15-7-3-8-16-23)29(21)24-17-9-4-10-18-24/h2-3,5-8,11-16,19-20,24H,4,9-10,17-18H2,1H3/q+1. The number of pyridine rings is 1. The average molecular weight is 379 g/mol. The van der Waals surface area contributed by atoms with E-state index >= 15 is 0 Å². The molecule has 29 heavy (non-hydrogen) atoms. The fourth-order valence-electron chi connectivity index (χ4n) is 5.13. The first-order valence-corrected chi connectivity index (χ1v) is 10.9. The van der Waals surface area contributed by atoms with Crippen LogP contribution in [0.15, 0.2) is 84.9 Å². The summed E-state index contributed by atoms with van der Waals surface area (Å²) in [4.78, 5) is 0. The molecule has 0 aliphatic heterocycles. The van der Waals surface area contributed by atoms with Crippen LogP contribution in [0.3, 0.4) is 0 Å². The van der Waals surface area contributed by atoms with Crippen LogP contribution in [0.4, 0.5) is 0 Å². The van der Waals surface area contributed by atoms with Gasteiger partial charge < -0.3 is 0 Å². The Hall–Kier alpha value is -2.93. The van der Waals surface area contributed by atoms with Crippen LogP contribution >= 0.6 is 0 Å². The molecule has 1 saturated carbocycles. The van der Waals surface area contributed by atoms with E-state index in [4.69, 9.17) is 0 Å². The Morgan fingerprint density at radius 1 is 0.621 bits per heavy atom. The van der Waals surface area contributed by atoms with Gasteiger partial charge in [-0.1, -0.05) is 73.2 Å². The van der Waals surface area contributed by atoms with Gasteiger partial charge in [-0.25, -0.2) is 0 Å². The number of aryl methyl sites for hydroxylation is 1. The van der Waals surface area contributed by atoms with Gasteiger partial charge in [0, 0.05) is 36.1 Å². The molecule has 1 fully saturated rings. The predicted molar refractivity (Wildman–Crippen MR) is 122 cm³/mol. The Morgan fingerprint density at radius 3 is 1.83 bits per heavy atom. The summed E-state index contributed by atoms with van der Waals surface area (Å²) in [5, 5.41) is 2.72. The van der Waals surface area contributed by atoms with Crippen molar-refractivity contribution in [3.63, 3.8) is 0 Å². The van der Waals surface area contributed by atoms with Gasteiger partial charge in [0.15, 0.2) is 11.7 Å². The van der Waals surface area contributed by atoms with Crippen molar-refractivity contribution in [1.29, 1.82) is 0 Å². The van der Waals surface area contributed by atoms with Crippen LogP contribution in [-0.4, -0.2) is 0 Å². The van der Waals surface area contributed by atoms with E-state index in [1.807, 2.05) is 0 Å². The van der Waals surface area contributed by atoms with Gasteiger partial charge in [-0.3, -0.25) is 0 Å². The summed E-state index contributed by atoms with van der Waals surface area (Å²) in [5.74, 6) is 0. The lowest BCUT2D eigenvalue weighted by Gasteiger charge is -2.24. The zero-order valence-corrected chi connectivity index (χ0v) is 17.1. The van der Waals surface area contributed by atoms with E-state index in [9.17, 15) is 0 Å². The second-order valence-corrected chi connectivity index (χ2v) is 8.25. The summed E-state index contributed by atoms with van der Waals surface area (Å²) in [6.45, 7) is 2.32. The largest absolute Gasteiger partial charge is 0.221 e. The van der Waals surface area contributed by atoms with E-state index in [-0.39, 0.29) is 0 Å². The zero-order chi connectivity index (χ0) is 19.6. The topological polar surface area (TPSA) is 3.88 Å². The molecule has 0 saturated heterocycles. The maximum atomic E-state index is 2.68. The van der Waals surface area contributed by atoms with Gasteiger partial charge in [-0.05, 0) is 36.6 Å². The van der Waals surface area contributed by atoms with Gasteiger partial charge in [0.1, 0.15) is 0 Å². The van der Waals surface area contributed by atoms with Crippen molar-refractivity contribution in [3.05, 3.63) is 90.6 Å². The molecule has 1 heteroatoms. The maximum Gasteiger partial charge on any atom is 0.221 e. The number of rotatable bonds is 3. The van der Waals surface area contributed by atoms with E-state index in [1.165, 1.54) is 71.0 Å². The molecule has 0 bridgehead atoms. The van der Waals surface area contributed by atoms with Gasteiger partial charge in [-0.15, -0.1) is 0 Å². The van der Waals surface area contributed by atoms with Crippen LogP contribution in [0.2, 0.25) is 0 Å². The second-order valence-electron chi connectivity index (χ2n) is 8.25. The highest BCUT2D eigenvalue weighted by Crippen LogP contribution is 2.39. The average Bonchev–Trinajstić information content (AvgIpc) is 2.81. The van der Waals surface area contributed by atoms with Gasteiger partial charge in [0.05, 0.1) is 5.56 Å². The highest BCUT2D eigenvalue weighted by Gasteiger charge is 2.32. The van der Waals surface area contributed by atoms with Gasteiger partial charge in [0.25, 0.3) is 0 Å². The second kappa shape index (κ2) is 7.83. The molecular formula is C28H28N+. The molecule has 1 aliphatic carbocycles. The number of hydrogen-bond acceptors (Lipinski definition) is 0. The minimum absolute atomic E-state index is 0.575. The Kier molecular flexibility index (Phi) is 4.89. The highest BCUT2D eigenvalue weighted by molar-refractivity contribution is 6.02. The summed E-state index contributed by atoms with van der Waals surface area (Å²) in [7, 11) is 0. The van der Waals surface area contributed by atoms with Crippen LogP contribution < -0.4 is 4.57 Å². The third-order valence-corrected chi connectivity index (χ3v) is 6.47. The Bertz CT molecular complexity index is 1120. The van der Waals surface area contributed by atoms with Crippen LogP contribution in [0, 0.1) is 6.92 Å². The molecule has 1 nitrogen and oxygen atoms in total. The molecule has 5 rings (SSSR count). The lowest BCUT2D eigenvalue weighted by atomic mass is 9.89. The lowest BCUT2D eigenvalue weighted by Crippen LogP contribution is -2.46. The fourth-order valence-corrected chi connectivity index (χ4v) is 5.13. The molecule has 0 N–H and O–H groups in total. The Balaban J connectivity index is 1.93. The summed E-state index contributed by atoms with van der Waals surface area (Å²) in [5.41, 5.74) is 6.74. The number of fused-ring (bicyclic) bond motifs is 1. The third kappa shape index (κ3) is 3.25. The molecule has 3 aromatic carbocycles. The van der Waals surface area contributed by atoms with Crippen molar-refractivity contribution in [2.45, 2.75) is 45.1 Å². The fraction of sp³-hybridized carbons (Fsp3) is 0.250. The van der Waals surface area contributed by atoms with Gasteiger partial charge >= 0.3 is 0 Å². The monoisotopic (exact) mass is 378 g/mol. The number of hydrogen-bond donors (Lipinski definition) is 0. The van der Waals surface area contributed by atoms with E-state index in [0.29, 0.717) is 6.04 Å². The first-order chi connectivity index (χ1) is 14.3. The number of nitrogens with zero attached hydrogens (tertiary/aromatic N) is 1. The smallest absolute Gasteiger partial charge is 0.192 e. The van der Waals surface area contributed by atoms with E-state index in [1.54, 1.807) is 0 Å². The van der Waals surface area contributed by atoms with Crippen LogP contribution in [0.5, 0.6) is 0 Å². The SMILES string of the molecule is Cc1c2ccccc2c(-c2ccccc2)c(-c2ccccc2)[n+]1C1CCCCC1. The summed E-state index contributed by atoms with van der Waals surface area (Å²) in [6.07, 6.45) is 6.59. The molecule has 1 aromatic heterocycles. The minimum Gasteiger partial charge on any atom is -0.192 e. The van der Waals surface area contributed by atoms with Crippen molar-refractivity contribution >= 4 is 10.8 Å². The summed E-state index contributed by atoms with van der Waals surface area (Å²) < 4.78 is 2.68. The van der Waals surface area contributed by atoms with Crippen LogP contribution in [0.1, 0.15) is 43.8 Å². The molecule has 0 unspecified atom stereocenters. The van der Waals surface area contributed by atoms with E-state index in [2.05, 4.69) is 96.4 Å².